The first kappa shape index (κ1) is 12.2. The van der Waals surface area contributed by atoms with E-state index in [-0.39, 0.29) is 5.91 Å². The minimum absolute atomic E-state index is 0.109. The molecule has 0 spiro atoms. The fourth-order valence-corrected chi connectivity index (χ4v) is 1.81. The Balaban J connectivity index is 2.27. The molecule has 1 amide bonds. The van der Waals surface area contributed by atoms with E-state index in [0.29, 0.717) is 11.3 Å². The first-order valence-electron chi connectivity index (χ1n) is 5.81. The number of aryl methyl sites for hydroxylation is 1. The van der Waals surface area contributed by atoms with Crippen LogP contribution in [0.15, 0.2) is 42.5 Å². The van der Waals surface area contributed by atoms with Crippen LogP contribution in [0, 0.1) is 13.8 Å². The largest absolute Gasteiger partial charge is 0.398 e. The molecular formula is C15H16N2O. The monoisotopic (exact) mass is 240 g/mol. The van der Waals surface area contributed by atoms with Crippen molar-refractivity contribution in [1.82, 2.24) is 0 Å². The van der Waals surface area contributed by atoms with Crippen LogP contribution in [0.2, 0.25) is 0 Å². The maximum absolute atomic E-state index is 12.1. The Hall–Kier alpha value is -2.29. The summed E-state index contributed by atoms with van der Waals surface area (Å²) in [4.78, 5) is 12.1. The molecule has 0 radical (unpaired) electrons. The summed E-state index contributed by atoms with van der Waals surface area (Å²) in [5.41, 5.74) is 9.77. The van der Waals surface area contributed by atoms with Crippen LogP contribution in [-0.2, 0) is 0 Å². The second-order valence-electron chi connectivity index (χ2n) is 4.29. The maximum Gasteiger partial charge on any atom is 0.255 e. The minimum atomic E-state index is -0.109. The third-order valence-corrected chi connectivity index (χ3v) is 3.01. The SMILES string of the molecule is Cc1ccccc1C(=O)Nc1cccc(N)c1C. The molecule has 2 aromatic carbocycles. The Bertz CT molecular complexity index is 591. The highest BCUT2D eigenvalue weighted by Crippen LogP contribution is 2.21. The molecule has 0 aromatic heterocycles. The van der Waals surface area contributed by atoms with Gasteiger partial charge in [0.15, 0.2) is 0 Å². The van der Waals surface area contributed by atoms with Gasteiger partial charge in [0.2, 0.25) is 0 Å². The van der Waals surface area contributed by atoms with Gasteiger partial charge in [-0.05, 0) is 43.2 Å². The molecule has 18 heavy (non-hydrogen) atoms. The van der Waals surface area contributed by atoms with Gasteiger partial charge in [-0.15, -0.1) is 0 Å². The minimum Gasteiger partial charge on any atom is -0.398 e. The Morgan fingerprint density at radius 1 is 1.06 bits per heavy atom. The standard InChI is InChI=1S/C15H16N2O/c1-10-6-3-4-7-12(10)15(18)17-14-9-5-8-13(16)11(14)2/h3-9H,16H2,1-2H3,(H,17,18). The van der Waals surface area contributed by atoms with Crippen molar-refractivity contribution in [3.05, 3.63) is 59.2 Å². The van der Waals surface area contributed by atoms with Crippen LogP contribution in [0.1, 0.15) is 21.5 Å². The van der Waals surface area contributed by atoms with Crippen molar-refractivity contribution >= 4 is 17.3 Å². The van der Waals surface area contributed by atoms with Gasteiger partial charge in [-0.25, -0.2) is 0 Å². The van der Waals surface area contributed by atoms with Crippen LogP contribution in [0.4, 0.5) is 11.4 Å². The molecule has 0 unspecified atom stereocenters. The molecule has 3 heteroatoms. The molecule has 0 aliphatic carbocycles. The number of nitrogens with one attached hydrogen (secondary N) is 1. The van der Waals surface area contributed by atoms with E-state index >= 15 is 0 Å². The van der Waals surface area contributed by atoms with Gasteiger partial charge >= 0.3 is 0 Å². The average molecular weight is 240 g/mol. The van der Waals surface area contributed by atoms with Gasteiger partial charge in [0, 0.05) is 16.9 Å². The van der Waals surface area contributed by atoms with Crippen LogP contribution in [0.5, 0.6) is 0 Å². The molecular weight excluding hydrogens is 224 g/mol. The smallest absolute Gasteiger partial charge is 0.255 e. The molecule has 3 N–H and O–H groups in total. The number of carbonyl (C=O) groups is 1. The highest BCUT2D eigenvalue weighted by Gasteiger charge is 2.10. The number of hydrogen-bond acceptors (Lipinski definition) is 2. The van der Waals surface area contributed by atoms with Gasteiger partial charge < -0.3 is 11.1 Å². The average Bonchev–Trinajstić information content (AvgIpc) is 2.35. The Kier molecular flexibility index (Phi) is 3.33. The third-order valence-electron chi connectivity index (χ3n) is 3.01. The van der Waals surface area contributed by atoms with Crippen LogP contribution >= 0.6 is 0 Å². The van der Waals surface area contributed by atoms with Crippen molar-refractivity contribution in [2.24, 2.45) is 0 Å². The second kappa shape index (κ2) is 4.92. The molecule has 3 nitrogen and oxygen atoms in total. The molecule has 0 fully saturated rings. The van der Waals surface area contributed by atoms with Gasteiger partial charge in [0.1, 0.15) is 0 Å². The van der Waals surface area contributed by atoms with Crippen LogP contribution in [0.3, 0.4) is 0 Å². The van der Waals surface area contributed by atoms with Crippen molar-refractivity contribution in [2.45, 2.75) is 13.8 Å². The lowest BCUT2D eigenvalue weighted by molar-refractivity contribution is 0.102. The van der Waals surface area contributed by atoms with Gasteiger partial charge in [0.25, 0.3) is 5.91 Å². The van der Waals surface area contributed by atoms with Crippen molar-refractivity contribution in [3.8, 4) is 0 Å². The normalized spacial score (nSPS) is 10.1. The first-order valence-corrected chi connectivity index (χ1v) is 5.81. The first-order chi connectivity index (χ1) is 8.59. The molecule has 2 rings (SSSR count). The molecule has 0 heterocycles. The molecule has 0 aliphatic rings. The molecule has 2 aromatic rings. The van der Waals surface area contributed by atoms with Crippen molar-refractivity contribution in [1.29, 1.82) is 0 Å². The van der Waals surface area contributed by atoms with Gasteiger partial charge in [-0.2, -0.15) is 0 Å². The highest BCUT2D eigenvalue weighted by atomic mass is 16.1. The molecule has 92 valence electrons. The number of carbonyl (C=O) groups excluding carboxylic acids is 1. The summed E-state index contributed by atoms with van der Waals surface area (Å²) in [5.74, 6) is -0.109. The summed E-state index contributed by atoms with van der Waals surface area (Å²) in [6.45, 7) is 3.81. The Labute approximate surface area is 107 Å². The lowest BCUT2D eigenvalue weighted by atomic mass is 10.1. The number of nitrogen functional groups attached to an aromatic ring is 1. The van der Waals surface area contributed by atoms with E-state index in [9.17, 15) is 4.79 Å². The summed E-state index contributed by atoms with van der Waals surface area (Å²) in [7, 11) is 0. The zero-order valence-corrected chi connectivity index (χ0v) is 10.5. The Morgan fingerprint density at radius 2 is 1.78 bits per heavy atom. The second-order valence-corrected chi connectivity index (χ2v) is 4.29. The number of benzene rings is 2. The number of rotatable bonds is 2. The van der Waals surface area contributed by atoms with Gasteiger partial charge in [-0.3, -0.25) is 4.79 Å². The highest BCUT2D eigenvalue weighted by molar-refractivity contribution is 6.05. The lowest BCUT2D eigenvalue weighted by Crippen LogP contribution is -2.14. The third kappa shape index (κ3) is 2.35. The zero-order valence-electron chi connectivity index (χ0n) is 10.5. The fraction of sp³-hybridized carbons (Fsp3) is 0.133. The number of anilines is 2. The van der Waals surface area contributed by atoms with Crippen molar-refractivity contribution in [3.63, 3.8) is 0 Å². The summed E-state index contributed by atoms with van der Waals surface area (Å²) >= 11 is 0. The van der Waals surface area contributed by atoms with E-state index in [0.717, 1.165) is 16.8 Å². The molecule has 0 saturated heterocycles. The van der Waals surface area contributed by atoms with Gasteiger partial charge in [0.05, 0.1) is 0 Å². The zero-order chi connectivity index (χ0) is 13.1. The summed E-state index contributed by atoms with van der Waals surface area (Å²) in [5, 5.41) is 2.89. The van der Waals surface area contributed by atoms with E-state index in [2.05, 4.69) is 5.32 Å². The van der Waals surface area contributed by atoms with E-state index in [1.807, 2.05) is 56.3 Å². The summed E-state index contributed by atoms with van der Waals surface area (Å²) in [6.07, 6.45) is 0. The van der Waals surface area contributed by atoms with Crippen LogP contribution < -0.4 is 11.1 Å². The van der Waals surface area contributed by atoms with Gasteiger partial charge in [-0.1, -0.05) is 24.3 Å². The molecule has 0 saturated carbocycles. The summed E-state index contributed by atoms with van der Waals surface area (Å²) in [6, 6.07) is 13.0. The van der Waals surface area contributed by atoms with Crippen molar-refractivity contribution < 1.29 is 4.79 Å². The fourth-order valence-electron chi connectivity index (χ4n) is 1.81. The van der Waals surface area contributed by atoms with Crippen LogP contribution in [-0.4, -0.2) is 5.91 Å². The summed E-state index contributed by atoms with van der Waals surface area (Å²) < 4.78 is 0. The molecule has 0 bridgehead atoms. The van der Waals surface area contributed by atoms with E-state index in [1.165, 1.54) is 0 Å². The number of hydrogen-bond donors (Lipinski definition) is 2. The number of nitrogens with two attached hydrogens (primary N) is 1. The number of amides is 1. The molecule has 0 atom stereocenters. The van der Waals surface area contributed by atoms with E-state index in [4.69, 9.17) is 5.73 Å². The predicted molar refractivity (Wildman–Crippen MR) is 74.7 cm³/mol. The quantitative estimate of drug-likeness (QED) is 0.792. The van der Waals surface area contributed by atoms with E-state index in [1.54, 1.807) is 0 Å². The predicted octanol–water partition coefficient (Wildman–Crippen LogP) is 3.14. The van der Waals surface area contributed by atoms with Crippen LogP contribution in [0.25, 0.3) is 0 Å². The van der Waals surface area contributed by atoms with Crippen molar-refractivity contribution in [2.75, 3.05) is 11.1 Å². The maximum atomic E-state index is 12.1. The topological polar surface area (TPSA) is 55.1 Å². The Morgan fingerprint density at radius 3 is 2.50 bits per heavy atom. The lowest BCUT2D eigenvalue weighted by Gasteiger charge is -2.11. The molecule has 0 aliphatic heterocycles. The van der Waals surface area contributed by atoms with E-state index < -0.39 is 0 Å².